The van der Waals surface area contributed by atoms with Crippen LogP contribution < -0.4 is 10.6 Å². The van der Waals surface area contributed by atoms with E-state index in [2.05, 4.69) is 15.6 Å². The molecule has 0 radical (unpaired) electrons. The van der Waals surface area contributed by atoms with E-state index in [1.54, 1.807) is 19.2 Å². The molecule has 0 atom stereocenters. The van der Waals surface area contributed by atoms with E-state index in [1.807, 2.05) is 0 Å². The molecule has 1 aliphatic heterocycles. The summed E-state index contributed by atoms with van der Waals surface area (Å²) < 4.78 is 12.8. The second-order valence-electron chi connectivity index (χ2n) is 5.27. The van der Waals surface area contributed by atoms with Crippen molar-refractivity contribution in [2.24, 2.45) is 4.99 Å². The number of carbonyl (C=O) groups excluding carboxylic acids is 2. The molecular weight excluding hydrogens is 426 g/mol. The first-order valence-corrected chi connectivity index (χ1v) is 7.62. The van der Waals surface area contributed by atoms with Crippen LogP contribution in [0.15, 0.2) is 29.3 Å². The van der Waals surface area contributed by atoms with E-state index in [1.165, 1.54) is 17.0 Å². The standard InChI is InChI=1S/C16H21FN4O2.HI/c1-18-16(20-11-12-5-7-13(17)8-6-12)19-9-10-21-14(22)3-2-4-15(21)23;/h5-8H,2-4,9-11H2,1H3,(H2,18,19,20);1H. The predicted octanol–water partition coefficient (Wildman–Crippen LogP) is 1.65. The van der Waals surface area contributed by atoms with Crippen LogP contribution in [0, 0.1) is 5.82 Å². The summed E-state index contributed by atoms with van der Waals surface area (Å²) in [5.41, 5.74) is 0.927. The lowest BCUT2D eigenvalue weighted by atomic mass is 10.1. The van der Waals surface area contributed by atoms with Gasteiger partial charge in [0.2, 0.25) is 11.8 Å². The Morgan fingerprint density at radius 2 is 1.79 bits per heavy atom. The molecule has 1 heterocycles. The largest absolute Gasteiger partial charge is 0.355 e. The third kappa shape index (κ3) is 6.06. The van der Waals surface area contributed by atoms with Crippen LogP contribution in [0.25, 0.3) is 0 Å². The quantitative estimate of drug-likeness (QED) is 0.311. The van der Waals surface area contributed by atoms with E-state index >= 15 is 0 Å². The highest BCUT2D eigenvalue weighted by atomic mass is 127. The van der Waals surface area contributed by atoms with Crippen LogP contribution in [0.1, 0.15) is 24.8 Å². The average Bonchev–Trinajstić information content (AvgIpc) is 2.54. The molecule has 0 spiro atoms. The Hall–Kier alpha value is -1.71. The van der Waals surface area contributed by atoms with Gasteiger partial charge in [0.15, 0.2) is 5.96 Å². The number of aliphatic imine (C=N–C) groups is 1. The molecule has 1 saturated heterocycles. The van der Waals surface area contributed by atoms with Crippen LogP contribution in [0.5, 0.6) is 0 Å². The average molecular weight is 448 g/mol. The van der Waals surface area contributed by atoms with Crippen LogP contribution in [0.4, 0.5) is 4.39 Å². The number of halogens is 2. The third-order valence-electron chi connectivity index (χ3n) is 3.61. The lowest BCUT2D eigenvalue weighted by molar-refractivity contribution is -0.147. The summed E-state index contributed by atoms with van der Waals surface area (Å²) in [7, 11) is 1.64. The molecular formula is C16H22FIN4O2. The van der Waals surface area contributed by atoms with Crippen molar-refractivity contribution in [3.05, 3.63) is 35.6 Å². The van der Waals surface area contributed by atoms with Gasteiger partial charge in [-0.25, -0.2) is 4.39 Å². The maximum Gasteiger partial charge on any atom is 0.229 e. The predicted molar refractivity (Wildman–Crippen MR) is 101 cm³/mol. The number of nitrogens with one attached hydrogen (secondary N) is 2. The van der Waals surface area contributed by atoms with Crippen LogP contribution in [-0.4, -0.2) is 42.8 Å². The van der Waals surface area contributed by atoms with Gasteiger partial charge in [0.05, 0.1) is 0 Å². The highest BCUT2D eigenvalue weighted by Crippen LogP contribution is 2.11. The van der Waals surface area contributed by atoms with E-state index < -0.39 is 0 Å². The fraction of sp³-hybridized carbons (Fsp3) is 0.438. The van der Waals surface area contributed by atoms with Crippen molar-refractivity contribution in [1.29, 1.82) is 0 Å². The van der Waals surface area contributed by atoms with Gasteiger partial charge in [0, 0.05) is 39.5 Å². The van der Waals surface area contributed by atoms with Crippen molar-refractivity contribution in [1.82, 2.24) is 15.5 Å². The molecule has 1 fully saturated rings. The molecule has 24 heavy (non-hydrogen) atoms. The number of guanidine groups is 1. The molecule has 0 bridgehead atoms. The minimum Gasteiger partial charge on any atom is -0.355 e. The minimum absolute atomic E-state index is 0. The Labute approximate surface area is 157 Å². The van der Waals surface area contributed by atoms with Crippen LogP contribution in [0.2, 0.25) is 0 Å². The number of carbonyl (C=O) groups is 2. The van der Waals surface area contributed by atoms with Crippen LogP contribution in [-0.2, 0) is 16.1 Å². The van der Waals surface area contributed by atoms with Gasteiger partial charge in [-0.2, -0.15) is 0 Å². The van der Waals surface area contributed by atoms with E-state index in [0.717, 1.165) is 5.56 Å². The zero-order valence-corrected chi connectivity index (χ0v) is 15.9. The van der Waals surface area contributed by atoms with Crippen molar-refractivity contribution in [2.45, 2.75) is 25.8 Å². The second kappa shape index (κ2) is 10.2. The Kier molecular flexibility index (Phi) is 8.66. The van der Waals surface area contributed by atoms with Crippen molar-refractivity contribution < 1.29 is 14.0 Å². The molecule has 6 nitrogen and oxygen atoms in total. The summed E-state index contributed by atoms with van der Waals surface area (Å²) in [5.74, 6) is 0.0629. The van der Waals surface area contributed by atoms with Crippen molar-refractivity contribution in [2.75, 3.05) is 20.1 Å². The van der Waals surface area contributed by atoms with Crippen molar-refractivity contribution >= 4 is 41.8 Å². The van der Waals surface area contributed by atoms with Gasteiger partial charge < -0.3 is 10.6 Å². The lowest BCUT2D eigenvalue weighted by Gasteiger charge is -2.25. The number of amides is 2. The summed E-state index contributed by atoms with van der Waals surface area (Å²) in [6.45, 7) is 1.26. The Morgan fingerprint density at radius 1 is 1.17 bits per heavy atom. The summed E-state index contributed by atoms with van der Waals surface area (Å²) >= 11 is 0. The monoisotopic (exact) mass is 448 g/mol. The third-order valence-corrected chi connectivity index (χ3v) is 3.61. The molecule has 2 amide bonds. The molecule has 8 heteroatoms. The Morgan fingerprint density at radius 3 is 2.38 bits per heavy atom. The molecule has 2 N–H and O–H groups in total. The number of hydrogen-bond acceptors (Lipinski definition) is 3. The summed E-state index contributed by atoms with van der Waals surface area (Å²) in [6, 6.07) is 6.20. The number of imide groups is 1. The molecule has 2 rings (SSSR count). The molecule has 0 saturated carbocycles. The summed E-state index contributed by atoms with van der Waals surface area (Å²) in [6.07, 6.45) is 1.51. The van der Waals surface area contributed by atoms with Gasteiger partial charge >= 0.3 is 0 Å². The van der Waals surface area contributed by atoms with Crippen LogP contribution >= 0.6 is 24.0 Å². The van der Waals surface area contributed by atoms with Crippen LogP contribution in [0.3, 0.4) is 0 Å². The summed E-state index contributed by atoms with van der Waals surface area (Å²) in [4.78, 5) is 28.7. The molecule has 0 aromatic heterocycles. The van der Waals surface area contributed by atoms with Gasteiger partial charge in [-0.15, -0.1) is 24.0 Å². The van der Waals surface area contributed by atoms with Gasteiger partial charge in [-0.1, -0.05) is 12.1 Å². The molecule has 132 valence electrons. The van der Waals surface area contributed by atoms with Gasteiger partial charge in [-0.05, 0) is 24.1 Å². The number of piperidine rings is 1. The molecule has 1 aromatic carbocycles. The lowest BCUT2D eigenvalue weighted by Crippen LogP contribution is -2.46. The summed E-state index contributed by atoms with van der Waals surface area (Å²) in [5, 5.41) is 6.15. The number of rotatable bonds is 5. The number of nitrogens with zero attached hydrogens (tertiary/aromatic N) is 2. The normalized spacial score (nSPS) is 15.1. The first-order chi connectivity index (χ1) is 11.1. The topological polar surface area (TPSA) is 73.8 Å². The molecule has 1 aliphatic rings. The maximum absolute atomic E-state index is 12.8. The van der Waals surface area contributed by atoms with E-state index in [4.69, 9.17) is 0 Å². The Balaban J connectivity index is 0.00000288. The highest BCUT2D eigenvalue weighted by Gasteiger charge is 2.25. The number of likely N-dealkylation sites (tertiary alicyclic amines) is 1. The fourth-order valence-electron chi connectivity index (χ4n) is 2.34. The molecule has 0 unspecified atom stereocenters. The first-order valence-electron chi connectivity index (χ1n) is 7.62. The van der Waals surface area contributed by atoms with Crippen molar-refractivity contribution in [3.8, 4) is 0 Å². The Bertz CT molecular complexity index is 576. The van der Waals surface area contributed by atoms with Gasteiger partial charge in [0.1, 0.15) is 5.82 Å². The minimum atomic E-state index is -0.271. The zero-order chi connectivity index (χ0) is 16.7. The molecule has 1 aromatic rings. The van der Waals surface area contributed by atoms with E-state index in [9.17, 15) is 14.0 Å². The van der Waals surface area contributed by atoms with Gasteiger partial charge in [-0.3, -0.25) is 19.5 Å². The smallest absolute Gasteiger partial charge is 0.229 e. The first kappa shape index (κ1) is 20.3. The van der Waals surface area contributed by atoms with E-state index in [-0.39, 0.29) is 41.6 Å². The molecule has 0 aliphatic carbocycles. The maximum atomic E-state index is 12.8. The second-order valence-corrected chi connectivity index (χ2v) is 5.27. The SMILES string of the molecule is CN=C(NCCN1C(=O)CCCC1=O)NCc1ccc(F)cc1.I. The fourth-order valence-corrected chi connectivity index (χ4v) is 2.34. The highest BCUT2D eigenvalue weighted by molar-refractivity contribution is 14.0. The number of benzene rings is 1. The van der Waals surface area contributed by atoms with Crippen molar-refractivity contribution in [3.63, 3.8) is 0 Å². The van der Waals surface area contributed by atoms with Gasteiger partial charge in [0.25, 0.3) is 0 Å². The zero-order valence-electron chi connectivity index (χ0n) is 13.5. The van der Waals surface area contributed by atoms with E-state index in [0.29, 0.717) is 44.9 Å². The number of hydrogen-bond donors (Lipinski definition) is 2.